The third-order valence-corrected chi connectivity index (χ3v) is 3.08. The van der Waals surface area contributed by atoms with Gasteiger partial charge in [-0.1, -0.05) is 18.5 Å². The molecule has 16 heavy (non-hydrogen) atoms. The topological polar surface area (TPSA) is 55.5 Å². The van der Waals surface area contributed by atoms with Crippen LogP contribution in [0.3, 0.4) is 0 Å². The van der Waals surface area contributed by atoms with E-state index in [1.807, 2.05) is 6.92 Å². The minimum atomic E-state index is 0.187. The standard InChI is InChI=1S/C12H18ClNO2/c1-7(4-5-14)9-6-10(13)12(16-3)8(2)11(9)15/h6-7,15H,4-5,14H2,1-3H3. The van der Waals surface area contributed by atoms with Crippen LogP contribution >= 0.6 is 11.6 Å². The van der Waals surface area contributed by atoms with E-state index in [0.29, 0.717) is 22.9 Å². The Morgan fingerprint density at radius 1 is 1.56 bits per heavy atom. The summed E-state index contributed by atoms with van der Waals surface area (Å²) in [4.78, 5) is 0. The number of ether oxygens (including phenoxy) is 1. The molecular weight excluding hydrogens is 226 g/mol. The number of phenolic OH excluding ortho intramolecular Hbond substituents is 1. The molecule has 0 aliphatic carbocycles. The van der Waals surface area contributed by atoms with E-state index in [1.165, 1.54) is 7.11 Å². The van der Waals surface area contributed by atoms with E-state index in [9.17, 15) is 5.11 Å². The molecule has 1 rings (SSSR count). The summed E-state index contributed by atoms with van der Waals surface area (Å²) >= 11 is 6.08. The molecule has 1 aromatic carbocycles. The zero-order valence-electron chi connectivity index (χ0n) is 9.88. The molecule has 0 heterocycles. The van der Waals surface area contributed by atoms with Crippen LogP contribution in [0, 0.1) is 6.92 Å². The van der Waals surface area contributed by atoms with Gasteiger partial charge in [-0.2, -0.15) is 0 Å². The molecule has 0 radical (unpaired) electrons. The van der Waals surface area contributed by atoms with Crippen LogP contribution in [-0.4, -0.2) is 18.8 Å². The summed E-state index contributed by atoms with van der Waals surface area (Å²) in [6.07, 6.45) is 0.815. The lowest BCUT2D eigenvalue weighted by molar-refractivity contribution is 0.400. The number of methoxy groups -OCH3 is 1. The normalized spacial score (nSPS) is 12.6. The van der Waals surface area contributed by atoms with Crippen LogP contribution < -0.4 is 10.5 Å². The van der Waals surface area contributed by atoms with Gasteiger partial charge in [-0.25, -0.2) is 0 Å². The zero-order chi connectivity index (χ0) is 12.3. The van der Waals surface area contributed by atoms with Crippen molar-refractivity contribution in [2.75, 3.05) is 13.7 Å². The van der Waals surface area contributed by atoms with Gasteiger partial charge in [-0.05, 0) is 37.4 Å². The van der Waals surface area contributed by atoms with Gasteiger partial charge in [0.25, 0.3) is 0 Å². The van der Waals surface area contributed by atoms with Gasteiger partial charge in [0.15, 0.2) is 0 Å². The molecule has 0 aromatic heterocycles. The van der Waals surface area contributed by atoms with Crippen molar-refractivity contribution < 1.29 is 9.84 Å². The SMILES string of the molecule is COc1c(Cl)cc(C(C)CCN)c(O)c1C. The molecule has 3 N–H and O–H groups in total. The first-order chi connectivity index (χ1) is 7.52. The molecule has 1 unspecified atom stereocenters. The van der Waals surface area contributed by atoms with Gasteiger partial charge in [-0.3, -0.25) is 0 Å². The van der Waals surface area contributed by atoms with E-state index < -0.39 is 0 Å². The van der Waals surface area contributed by atoms with Gasteiger partial charge in [0.1, 0.15) is 11.5 Å². The van der Waals surface area contributed by atoms with Crippen LogP contribution in [0.4, 0.5) is 0 Å². The summed E-state index contributed by atoms with van der Waals surface area (Å²) in [5, 5.41) is 10.6. The molecule has 0 fully saturated rings. The lowest BCUT2D eigenvalue weighted by atomic mass is 9.94. The Bertz CT molecular complexity index is 380. The van der Waals surface area contributed by atoms with Crippen LogP contribution in [0.5, 0.6) is 11.5 Å². The Morgan fingerprint density at radius 2 is 2.19 bits per heavy atom. The van der Waals surface area contributed by atoms with Crippen molar-refractivity contribution in [3.05, 3.63) is 22.2 Å². The third kappa shape index (κ3) is 2.42. The number of halogens is 1. The van der Waals surface area contributed by atoms with E-state index in [4.69, 9.17) is 22.1 Å². The van der Waals surface area contributed by atoms with Gasteiger partial charge in [-0.15, -0.1) is 0 Å². The quantitative estimate of drug-likeness (QED) is 0.855. The van der Waals surface area contributed by atoms with E-state index in [0.717, 1.165) is 12.0 Å². The summed E-state index contributed by atoms with van der Waals surface area (Å²) in [5.74, 6) is 0.970. The minimum absolute atomic E-state index is 0.187. The molecule has 4 heteroatoms. The maximum absolute atomic E-state index is 10.1. The van der Waals surface area contributed by atoms with E-state index >= 15 is 0 Å². The average molecular weight is 244 g/mol. The van der Waals surface area contributed by atoms with Crippen LogP contribution in [0.25, 0.3) is 0 Å². The van der Waals surface area contributed by atoms with Crippen LogP contribution in [-0.2, 0) is 0 Å². The maximum atomic E-state index is 10.1. The Labute approximate surface area is 101 Å². The number of phenols is 1. The molecule has 0 spiro atoms. The molecular formula is C12H18ClNO2. The second-order valence-electron chi connectivity index (χ2n) is 3.93. The van der Waals surface area contributed by atoms with Crippen molar-refractivity contribution >= 4 is 11.6 Å². The van der Waals surface area contributed by atoms with Crippen molar-refractivity contribution in [2.24, 2.45) is 5.73 Å². The summed E-state index contributed by atoms with van der Waals surface area (Å²) in [7, 11) is 1.54. The molecule has 1 aromatic rings. The highest BCUT2D eigenvalue weighted by molar-refractivity contribution is 6.32. The van der Waals surface area contributed by atoms with Crippen molar-refractivity contribution in [3.8, 4) is 11.5 Å². The summed E-state index contributed by atoms with van der Waals surface area (Å²) in [5.41, 5.74) is 7.01. The predicted octanol–water partition coefficient (Wildman–Crippen LogP) is 2.81. The molecule has 0 amide bonds. The highest BCUT2D eigenvalue weighted by Crippen LogP contribution is 2.40. The highest BCUT2D eigenvalue weighted by Gasteiger charge is 2.17. The lowest BCUT2D eigenvalue weighted by Gasteiger charge is -2.17. The first-order valence-electron chi connectivity index (χ1n) is 5.28. The number of aromatic hydroxyl groups is 1. The highest BCUT2D eigenvalue weighted by atomic mass is 35.5. The molecule has 0 saturated carbocycles. The number of benzene rings is 1. The first kappa shape index (κ1) is 13.1. The molecule has 0 aliphatic heterocycles. The maximum Gasteiger partial charge on any atom is 0.144 e. The van der Waals surface area contributed by atoms with Gasteiger partial charge in [0.2, 0.25) is 0 Å². The smallest absolute Gasteiger partial charge is 0.144 e. The van der Waals surface area contributed by atoms with Crippen molar-refractivity contribution in [2.45, 2.75) is 26.2 Å². The van der Waals surface area contributed by atoms with Gasteiger partial charge >= 0.3 is 0 Å². The number of rotatable bonds is 4. The second kappa shape index (κ2) is 5.41. The fourth-order valence-electron chi connectivity index (χ4n) is 1.81. The molecule has 0 aliphatic rings. The Hall–Kier alpha value is -0.930. The van der Waals surface area contributed by atoms with Crippen LogP contribution in [0.15, 0.2) is 6.07 Å². The average Bonchev–Trinajstić information content (AvgIpc) is 2.24. The van der Waals surface area contributed by atoms with E-state index in [1.54, 1.807) is 13.0 Å². The van der Waals surface area contributed by atoms with Crippen molar-refractivity contribution in [3.63, 3.8) is 0 Å². The Morgan fingerprint density at radius 3 is 2.69 bits per heavy atom. The number of nitrogens with two attached hydrogens (primary N) is 1. The monoisotopic (exact) mass is 243 g/mol. The molecule has 90 valence electrons. The van der Waals surface area contributed by atoms with Gasteiger partial charge < -0.3 is 15.6 Å². The second-order valence-corrected chi connectivity index (χ2v) is 4.34. The predicted molar refractivity (Wildman–Crippen MR) is 66.5 cm³/mol. The fourth-order valence-corrected chi connectivity index (χ4v) is 2.14. The first-order valence-corrected chi connectivity index (χ1v) is 5.66. The van der Waals surface area contributed by atoms with Crippen molar-refractivity contribution in [1.82, 2.24) is 0 Å². The molecule has 0 saturated heterocycles. The van der Waals surface area contributed by atoms with Crippen LogP contribution in [0.2, 0.25) is 5.02 Å². The largest absolute Gasteiger partial charge is 0.507 e. The molecule has 0 bridgehead atoms. The number of hydrogen-bond acceptors (Lipinski definition) is 3. The summed E-state index contributed by atoms with van der Waals surface area (Å²) in [6.45, 7) is 4.40. The van der Waals surface area contributed by atoms with Gasteiger partial charge in [0, 0.05) is 5.56 Å². The lowest BCUT2D eigenvalue weighted by Crippen LogP contribution is -2.05. The zero-order valence-corrected chi connectivity index (χ0v) is 10.6. The summed E-state index contributed by atoms with van der Waals surface area (Å²) < 4.78 is 5.13. The summed E-state index contributed by atoms with van der Waals surface area (Å²) in [6, 6.07) is 1.75. The Kier molecular flexibility index (Phi) is 4.44. The fraction of sp³-hybridized carbons (Fsp3) is 0.500. The molecule has 3 nitrogen and oxygen atoms in total. The van der Waals surface area contributed by atoms with E-state index in [2.05, 4.69) is 0 Å². The van der Waals surface area contributed by atoms with Crippen molar-refractivity contribution in [1.29, 1.82) is 0 Å². The van der Waals surface area contributed by atoms with Crippen LogP contribution in [0.1, 0.15) is 30.4 Å². The van der Waals surface area contributed by atoms with E-state index in [-0.39, 0.29) is 11.7 Å². The van der Waals surface area contributed by atoms with Gasteiger partial charge in [0.05, 0.1) is 12.1 Å². The molecule has 1 atom stereocenters. The minimum Gasteiger partial charge on any atom is -0.507 e. The third-order valence-electron chi connectivity index (χ3n) is 2.80. The Balaban J connectivity index is 3.22. The number of hydrogen-bond donors (Lipinski definition) is 2.